The van der Waals surface area contributed by atoms with Crippen LogP contribution in [0.15, 0.2) is 29.6 Å². The van der Waals surface area contributed by atoms with Crippen LogP contribution in [0.3, 0.4) is 0 Å². The summed E-state index contributed by atoms with van der Waals surface area (Å²) < 4.78 is 0. The Morgan fingerprint density at radius 3 is 2.89 bits per heavy atom. The summed E-state index contributed by atoms with van der Waals surface area (Å²) in [5.41, 5.74) is 5.67. The van der Waals surface area contributed by atoms with Gasteiger partial charge in [-0.05, 0) is 25.0 Å². The maximum atomic E-state index is 11.9. The van der Waals surface area contributed by atoms with E-state index in [0.717, 1.165) is 5.69 Å². The number of oxime groups is 1. The minimum Gasteiger partial charge on any atom is -0.409 e. The van der Waals surface area contributed by atoms with Gasteiger partial charge >= 0.3 is 0 Å². The fourth-order valence-electron chi connectivity index (χ4n) is 1.84. The van der Waals surface area contributed by atoms with E-state index >= 15 is 0 Å². The number of pyridine rings is 1. The number of rotatable bonds is 5. The number of hydrogen-bond donors (Lipinski definition) is 3. The molecule has 1 fully saturated rings. The Labute approximate surface area is 105 Å². The van der Waals surface area contributed by atoms with E-state index in [1.807, 2.05) is 18.2 Å². The minimum atomic E-state index is -0.779. The summed E-state index contributed by atoms with van der Waals surface area (Å²) in [5.74, 6) is -0.174. The molecular weight excluding hydrogens is 232 g/mol. The zero-order chi connectivity index (χ0) is 13.0. The predicted octanol–water partition coefficient (Wildman–Crippen LogP) is 0.267. The van der Waals surface area contributed by atoms with Gasteiger partial charge in [0, 0.05) is 24.9 Å². The van der Waals surface area contributed by atoms with Crippen molar-refractivity contribution >= 4 is 11.7 Å². The zero-order valence-electron chi connectivity index (χ0n) is 9.97. The summed E-state index contributed by atoms with van der Waals surface area (Å²) >= 11 is 0. The first-order chi connectivity index (χ1) is 8.69. The summed E-state index contributed by atoms with van der Waals surface area (Å²) in [4.78, 5) is 16.1. The van der Waals surface area contributed by atoms with Gasteiger partial charge in [-0.25, -0.2) is 0 Å². The highest BCUT2D eigenvalue weighted by Crippen LogP contribution is 2.45. The lowest BCUT2D eigenvalue weighted by Crippen LogP contribution is -2.41. The molecule has 0 radical (unpaired) electrons. The van der Waals surface area contributed by atoms with E-state index in [9.17, 15) is 4.79 Å². The van der Waals surface area contributed by atoms with Crippen molar-refractivity contribution in [2.24, 2.45) is 16.3 Å². The largest absolute Gasteiger partial charge is 0.409 e. The second-order valence-electron chi connectivity index (χ2n) is 4.39. The van der Waals surface area contributed by atoms with Crippen LogP contribution in [-0.2, 0) is 11.2 Å². The molecule has 1 aliphatic rings. The highest BCUT2D eigenvalue weighted by Gasteiger charge is 2.54. The molecule has 4 N–H and O–H groups in total. The Morgan fingerprint density at radius 1 is 1.56 bits per heavy atom. The molecule has 1 heterocycles. The maximum Gasteiger partial charge on any atom is 0.233 e. The van der Waals surface area contributed by atoms with Crippen LogP contribution in [0, 0.1) is 5.41 Å². The summed E-state index contributed by atoms with van der Waals surface area (Å²) in [5, 5.41) is 14.4. The highest BCUT2D eigenvalue weighted by molar-refractivity contribution is 6.09. The third-order valence-electron chi connectivity index (χ3n) is 3.18. The van der Waals surface area contributed by atoms with E-state index in [1.165, 1.54) is 0 Å². The molecule has 1 aromatic rings. The van der Waals surface area contributed by atoms with Crippen molar-refractivity contribution in [3.8, 4) is 0 Å². The Balaban J connectivity index is 1.83. The molecule has 2 rings (SSSR count). The standard InChI is InChI=1S/C12H16N4O2/c13-10(16-18)12(5-6-12)11(17)15-8-4-9-3-1-2-7-14-9/h1-3,7,18H,4-6,8H2,(H2,13,16)(H,15,17). The first kappa shape index (κ1) is 12.3. The highest BCUT2D eigenvalue weighted by atomic mass is 16.4. The van der Waals surface area contributed by atoms with E-state index in [4.69, 9.17) is 10.9 Å². The van der Waals surface area contributed by atoms with Crippen LogP contribution in [0.1, 0.15) is 18.5 Å². The van der Waals surface area contributed by atoms with Crippen LogP contribution >= 0.6 is 0 Å². The van der Waals surface area contributed by atoms with Crippen molar-refractivity contribution in [2.45, 2.75) is 19.3 Å². The SMILES string of the molecule is N/C(=N/O)C1(C(=O)NCCc2ccccn2)CC1. The molecule has 0 unspecified atom stereocenters. The third kappa shape index (κ3) is 2.42. The number of carbonyl (C=O) groups excluding carboxylic acids is 1. The number of hydrogen-bond acceptors (Lipinski definition) is 4. The fourth-order valence-corrected chi connectivity index (χ4v) is 1.84. The second-order valence-corrected chi connectivity index (χ2v) is 4.39. The Bertz CT molecular complexity index is 454. The molecular formula is C12H16N4O2. The van der Waals surface area contributed by atoms with Gasteiger partial charge in [0.25, 0.3) is 0 Å². The van der Waals surface area contributed by atoms with Crippen LogP contribution in [0.4, 0.5) is 0 Å². The van der Waals surface area contributed by atoms with Gasteiger partial charge in [0.1, 0.15) is 5.41 Å². The number of nitrogens with two attached hydrogens (primary N) is 1. The van der Waals surface area contributed by atoms with Crippen molar-refractivity contribution in [1.29, 1.82) is 0 Å². The molecule has 1 aromatic heterocycles. The number of nitrogens with one attached hydrogen (secondary N) is 1. The van der Waals surface area contributed by atoms with Crippen molar-refractivity contribution in [3.05, 3.63) is 30.1 Å². The molecule has 0 bridgehead atoms. The molecule has 1 saturated carbocycles. The Morgan fingerprint density at radius 2 is 2.33 bits per heavy atom. The lowest BCUT2D eigenvalue weighted by atomic mass is 10.1. The molecule has 0 spiro atoms. The Hall–Kier alpha value is -2.11. The number of carbonyl (C=O) groups is 1. The molecule has 1 aliphatic carbocycles. The first-order valence-corrected chi connectivity index (χ1v) is 5.85. The van der Waals surface area contributed by atoms with Crippen molar-refractivity contribution < 1.29 is 10.0 Å². The number of amides is 1. The molecule has 96 valence electrons. The molecule has 6 nitrogen and oxygen atoms in total. The van der Waals surface area contributed by atoms with Crippen LogP contribution in [0.5, 0.6) is 0 Å². The first-order valence-electron chi connectivity index (χ1n) is 5.85. The van der Waals surface area contributed by atoms with E-state index in [1.54, 1.807) is 6.20 Å². The van der Waals surface area contributed by atoms with Gasteiger partial charge in [0.2, 0.25) is 5.91 Å². The summed E-state index contributed by atoms with van der Waals surface area (Å²) in [6.07, 6.45) is 3.66. The van der Waals surface area contributed by atoms with Crippen molar-refractivity contribution in [3.63, 3.8) is 0 Å². The van der Waals surface area contributed by atoms with Gasteiger partial charge in [-0.15, -0.1) is 0 Å². The molecule has 18 heavy (non-hydrogen) atoms. The van der Waals surface area contributed by atoms with Crippen molar-refractivity contribution in [2.75, 3.05) is 6.54 Å². The number of aromatic nitrogens is 1. The van der Waals surface area contributed by atoms with E-state index in [-0.39, 0.29) is 11.7 Å². The molecule has 6 heteroatoms. The molecule has 0 aliphatic heterocycles. The second kappa shape index (κ2) is 5.03. The van der Waals surface area contributed by atoms with Crippen molar-refractivity contribution in [1.82, 2.24) is 10.3 Å². The predicted molar refractivity (Wildman–Crippen MR) is 66.0 cm³/mol. The van der Waals surface area contributed by atoms with E-state index < -0.39 is 5.41 Å². The van der Waals surface area contributed by atoms with Gasteiger partial charge in [0.05, 0.1) is 0 Å². The normalized spacial score (nSPS) is 17.2. The van der Waals surface area contributed by atoms with Crippen LogP contribution in [0.2, 0.25) is 0 Å². The monoisotopic (exact) mass is 248 g/mol. The molecule has 0 saturated heterocycles. The average molecular weight is 248 g/mol. The van der Waals surface area contributed by atoms with Crippen LogP contribution < -0.4 is 11.1 Å². The van der Waals surface area contributed by atoms with Gasteiger partial charge in [-0.3, -0.25) is 9.78 Å². The average Bonchev–Trinajstić information content (AvgIpc) is 3.20. The quantitative estimate of drug-likeness (QED) is 0.301. The van der Waals surface area contributed by atoms with Gasteiger partial charge in [-0.1, -0.05) is 11.2 Å². The molecule has 0 aromatic carbocycles. The minimum absolute atomic E-state index is 0.00200. The topological polar surface area (TPSA) is 101 Å². The number of nitrogens with zero attached hydrogens (tertiary/aromatic N) is 2. The maximum absolute atomic E-state index is 11.9. The molecule has 0 atom stereocenters. The van der Waals surface area contributed by atoms with E-state index in [2.05, 4.69) is 15.5 Å². The summed E-state index contributed by atoms with van der Waals surface area (Å²) in [6, 6.07) is 5.66. The lowest BCUT2D eigenvalue weighted by molar-refractivity contribution is -0.124. The van der Waals surface area contributed by atoms with E-state index in [0.29, 0.717) is 25.8 Å². The van der Waals surface area contributed by atoms with Gasteiger partial charge in [-0.2, -0.15) is 0 Å². The number of amidine groups is 1. The van der Waals surface area contributed by atoms with Crippen LogP contribution in [0.25, 0.3) is 0 Å². The fraction of sp³-hybridized carbons (Fsp3) is 0.417. The summed E-state index contributed by atoms with van der Waals surface area (Å²) in [6.45, 7) is 0.496. The third-order valence-corrected chi connectivity index (χ3v) is 3.18. The lowest BCUT2D eigenvalue weighted by Gasteiger charge is -2.13. The molecule has 1 amide bonds. The summed E-state index contributed by atoms with van der Waals surface area (Å²) in [7, 11) is 0. The van der Waals surface area contributed by atoms with Gasteiger partial charge in [0.15, 0.2) is 5.84 Å². The van der Waals surface area contributed by atoms with Gasteiger partial charge < -0.3 is 16.3 Å². The van der Waals surface area contributed by atoms with Crippen LogP contribution in [-0.4, -0.2) is 28.5 Å². The smallest absolute Gasteiger partial charge is 0.233 e. The zero-order valence-corrected chi connectivity index (χ0v) is 9.97. The Kier molecular flexibility index (Phi) is 3.45.